The van der Waals surface area contributed by atoms with Crippen LogP contribution in [0.1, 0.15) is 22.3 Å². The summed E-state index contributed by atoms with van der Waals surface area (Å²) in [5.41, 5.74) is 5.96. The predicted molar refractivity (Wildman–Crippen MR) is 111 cm³/mol. The molecular weight excluding hydrogens is 362 g/mol. The molecule has 0 aliphatic rings. The van der Waals surface area contributed by atoms with Gasteiger partial charge in [0, 0.05) is 11.4 Å². The van der Waals surface area contributed by atoms with Gasteiger partial charge in [0.25, 0.3) is 0 Å². The number of anilines is 2. The lowest BCUT2D eigenvalue weighted by atomic mass is 10.1. The molecule has 0 saturated carbocycles. The Morgan fingerprint density at radius 1 is 0.962 bits per heavy atom. The second-order valence-corrected chi connectivity index (χ2v) is 8.58. The molecule has 0 aliphatic heterocycles. The average molecular weight is 386 g/mol. The van der Waals surface area contributed by atoms with Crippen LogP contribution in [0.2, 0.25) is 0 Å². The van der Waals surface area contributed by atoms with Crippen molar-refractivity contribution >= 4 is 33.9 Å². The van der Waals surface area contributed by atoms with Gasteiger partial charge < -0.3 is 10.1 Å². The van der Waals surface area contributed by atoms with E-state index in [1.54, 1.807) is 23.1 Å². The molecule has 3 aromatic rings. The van der Waals surface area contributed by atoms with Gasteiger partial charge in [-0.25, -0.2) is 0 Å². The summed E-state index contributed by atoms with van der Waals surface area (Å²) in [6, 6.07) is 12.6. The highest BCUT2D eigenvalue weighted by Gasteiger charge is 2.06. The second-order valence-electron chi connectivity index (χ2n) is 6.26. The lowest BCUT2D eigenvalue weighted by Gasteiger charge is -2.09. The number of hydrogen-bond acceptors (Lipinski definition) is 6. The molecular formula is C20H23N3OS2. The topological polar surface area (TPSA) is 47.0 Å². The van der Waals surface area contributed by atoms with Crippen LogP contribution in [0, 0.1) is 27.7 Å². The van der Waals surface area contributed by atoms with Crippen molar-refractivity contribution in [2.24, 2.45) is 0 Å². The monoisotopic (exact) mass is 385 g/mol. The van der Waals surface area contributed by atoms with Gasteiger partial charge >= 0.3 is 0 Å². The van der Waals surface area contributed by atoms with Crippen molar-refractivity contribution < 1.29 is 4.74 Å². The molecule has 3 rings (SSSR count). The van der Waals surface area contributed by atoms with Gasteiger partial charge in [-0.05, 0) is 68.1 Å². The lowest BCUT2D eigenvalue weighted by Crippen LogP contribution is -2.01. The van der Waals surface area contributed by atoms with E-state index in [0.29, 0.717) is 6.61 Å². The highest BCUT2D eigenvalue weighted by molar-refractivity contribution is 8.01. The molecule has 0 aliphatic carbocycles. The van der Waals surface area contributed by atoms with Crippen LogP contribution in [0.3, 0.4) is 0 Å². The van der Waals surface area contributed by atoms with E-state index in [1.807, 2.05) is 0 Å². The van der Waals surface area contributed by atoms with Crippen molar-refractivity contribution in [2.75, 3.05) is 17.7 Å². The van der Waals surface area contributed by atoms with Gasteiger partial charge in [-0.3, -0.25) is 0 Å². The first-order valence-corrected chi connectivity index (χ1v) is 10.3. The van der Waals surface area contributed by atoms with Crippen LogP contribution in [0.25, 0.3) is 0 Å². The molecule has 1 heterocycles. The Hall–Kier alpha value is -2.05. The minimum Gasteiger partial charge on any atom is -0.492 e. The zero-order valence-corrected chi connectivity index (χ0v) is 17.1. The molecule has 0 saturated heterocycles. The first-order chi connectivity index (χ1) is 12.5. The molecule has 0 atom stereocenters. The summed E-state index contributed by atoms with van der Waals surface area (Å²) in [6.45, 7) is 9.01. The van der Waals surface area contributed by atoms with E-state index in [4.69, 9.17) is 4.74 Å². The van der Waals surface area contributed by atoms with E-state index < -0.39 is 0 Å². The summed E-state index contributed by atoms with van der Waals surface area (Å²) in [4.78, 5) is 0. The van der Waals surface area contributed by atoms with Gasteiger partial charge in [0.1, 0.15) is 5.75 Å². The number of nitrogens with one attached hydrogen (secondary N) is 1. The molecule has 0 fully saturated rings. The fraction of sp³-hybridized carbons (Fsp3) is 0.300. The summed E-state index contributed by atoms with van der Waals surface area (Å²) in [5, 5.41) is 12.6. The summed E-state index contributed by atoms with van der Waals surface area (Å²) in [5.74, 6) is 1.80. The number of thioether (sulfide) groups is 1. The highest BCUT2D eigenvalue weighted by atomic mass is 32.2. The van der Waals surface area contributed by atoms with Crippen molar-refractivity contribution in [3.05, 3.63) is 58.7 Å². The van der Waals surface area contributed by atoms with Gasteiger partial charge in [0.15, 0.2) is 4.34 Å². The van der Waals surface area contributed by atoms with Crippen molar-refractivity contribution in [1.29, 1.82) is 0 Å². The molecule has 6 heteroatoms. The van der Waals surface area contributed by atoms with Crippen LogP contribution >= 0.6 is 23.1 Å². The average Bonchev–Trinajstić information content (AvgIpc) is 3.05. The number of nitrogens with zero attached hydrogens (tertiary/aromatic N) is 2. The zero-order valence-electron chi connectivity index (χ0n) is 15.5. The Bertz CT molecular complexity index is 893. The first kappa shape index (κ1) is 18.7. The van der Waals surface area contributed by atoms with E-state index in [9.17, 15) is 0 Å². The molecule has 0 amide bonds. The van der Waals surface area contributed by atoms with Gasteiger partial charge in [0.05, 0.1) is 6.61 Å². The van der Waals surface area contributed by atoms with Crippen LogP contribution in [0.4, 0.5) is 10.8 Å². The Kier molecular flexibility index (Phi) is 6.16. The SMILES string of the molecule is Cc1ccc(C)c(OCCSc2nnc(Nc3ccc(C)c(C)c3)s2)c1. The maximum absolute atomic E-state index is 5.89. The first-order valence-electron chi connectivity index (χ1n) is 8.52. The van der Waals surface area contributed by atoms with E-state index in [1.165, 1.54) is 16.7 Å². The van der Waals surface area contributed by atoms with Crippen LogP contribution in [0.5, 0.6) is 5.75 Å². The van der Waals surface area contributed by atoms with Crippen molar-refractivity contribution in [3.8, 4) is 5.75 Å². The molecule has 1 aromatic heterocycles. The number of benzene rings is 2. The molecule has 26 heavy (non-hydrogen) atoms. The summed E-state index contributed by atoms with van der Waals surface area (Å²) in [7, 11) is 0. The van der Waals surface area contributed by atoms with Crippen LogP contribution in [-0.2, 0) is 0 Å². The highest BCUT2D eigenvalue weighted by Crippen LogP contribution is 2.28. The molecule has 0 unspecified atom stereocenters. The van der Waals surface area contributed by atoms with Crippen LogP contribution in [-0.4, -0.2) is 22.6 Å². The third-order valence-corrected chi connectivity index (χ3v) is 6.01. The van der Waals surface area contributed by atoms with E-state index in [0.717, 1.165) is 32.2 Å². The van der Waals surface area contributed by atoms with E-state index >= 15 is 0 Å². The van der Waals surface area contributed by atoms with Crippen LogP contribution < -0.4 is 10.1 Å². The Morgan fingerprint density at radius 2 is 1.77 bits per heavy atom. The van der Waals surface area contributed by atoms with Crippen molar-refractivity contribution in [3.63, 3.8) is 0 Å². The molecule has 4 nitrogen and oxygen atoms in total. The fourth-order valence-corrected chi connectivity index (χ4v) is 4.06. The maximum Gasteiger partial charge on any atom is 0.210 e. The van der Waals surface area contributed by atoms with Crippen LogP contribution in [0.15, 0.2) is 40.7 Å². The summed E-state index contributed by atoms with van der Waals surface area (Å²) >= 11 is 3.23. The largest absolute Gasteiger partial charge is 0.492 e. The quantitative estimate of drug-likeness (QED) is 0.418. The minimum atomic E-state index is 0.647. The third kappa shape index (κ3) is 4.99. The molecule has 1 N–H and O–H groups in total. The molecule has 0 bridgehead atoms. The Balaban J connectivity index is 1.49. The summed E-state index contributed by atoms with van der Waals surface area (Å²) in [6.07, 6.45) is 0. The van der Waals surface area contributed by atoms with E-state index in [2.05, 4.69) is 79.6 Å². The molecule has 0 radical (unpaired) electrons. The maximum atomic E-state index is 5.89. The fourth-order valence-electron chi connectivity index (χ4n) is 2.40. The van der Waals surface area contributed by atoms with Crippen molar-refractivity contribution in [1.82, 2.24) is 10.2 Å². The molecule has 2 aromatic carbocycles. The van der Waals surface area contributed by atoms with Gasteiger partial charge in [-0.15, -0.1) is 10.2 Å². The number of aromatic nitrogens is 2. The third-order valence-electron chi connectivity index (χ3n) is 4.07. The Morgan fingerprint density at radius 3 is 2.58 bits per heavy atom. The van der Waals surface area contributed by atoms with Gasteiger partial charge in [-0.2, -0.15) is 0 Å². The van der Waals surface area contributed by atoms with Crippen molar-refractivity contribution in [2.45, 2.75) is 32.0 Å². The van der Waals surface area contributed by atoms with Gasteiger partial charge in [-0.1, -0.05) is 41.3 Å². The zero-order chi connectivity index (χ0) is 18.5. The normalized spacial score (nSPS) is 10.8. The number of hydrogen-bond donors (Lipinski definition) is 1. The summed E-state index contributed by atoms with van der Waals surface area (Å²) < 4.78 is 6.83. The lowest BCUT2D eigenvalue weighted by molar-refractivity contribution is 0.341. The smallest absolute Gasteiger partial charge is 0.210 e. The minimum absolute atomic E-state index is 0.647. The number of ether oxygens (including phenoxy) is 1. The molecule has 0 spiro atoms. The number of aryl methyl sites for hydroxylation is 4. The standard InChI is InChI=1S/C20H23N3OS2/c1-13-5-6-15(3)18(11-13)24-9-10-25-20-23-22-19(26-20)21-17-8-7-14(2)16(4)12-17/h5-8,11-12H,9-10H2,1-4H3,(H,21,22). The van der Waals surface area contributed by atoms with Gasteiger partial charge in [0.2, 0.25) is 5.13 Å². The Labute approximate surface area is 163 Å². The molecule has 136 valence electrons. The predicted octanol–water partition coefficient (Wildman–Crippen LogP) is 5.69. The van der Waals surface area contributed by atoms with E-state index in [-0.39, 0.29) is 0 Å². The number of rotatable bonds is 7. The second kappa shape index (κ2) is 8.56.